The average molecular weight is 414 g/mol. The summed E-state index contributed by atoms with van der Waals surface area (Å²) in [5.41, 5.74) is 1.14. The van der Waals surface area contributed by atoms with E-state index in [4.69, 9.17) is 4.74 Å². The van der Waals surface area contributed by atoms with Crippen LogP contribution in [0.3, 0.4) is 0 Å². The molecule has 4 N–H and O–H groups in total. The maximum absolute atomic E-state index is 12.6. The highest BCUT2D eigenvalue weighted by atomic mass is 16.5. The van der Waals surface area contributed by atoms with Crippen LogP contribution in [0, 0.1) is 0 Å². The zero-order valence-electron chi connectivity index (χ0n) is 16.8. The number of aryl methyl sites for hydroxylation is 1. The molecule has 30 heavy (non-hydrogen) atoms. The summed E-state index contributed by atoms with van der Waals surface area (Å²) in [6.45, 7) is 2.80. The van der Waals surface area contributed by atoms with Crippen LogP contribution >= 0.6 is 0 Å². The van der Waals surface area contributed by atoms with Gasteiger partial charge < -0.3 is 30.3 Å². The smallest absolute Gasteiger partial charge is 0.258 e. The van der Waals surface area contributed by atoms with E-state index in [1.165, 1.54) is 0 Å². The number of para-hydroxylation sites is 1. The van der Waals surface area contributed by atoms with Crippen molar-refractivity contribution in [1.82, 2.24) is 10.2 Å². The first kappa shape index (κ1) is 21.3. The van der Waals surface area contributed by atoms with Gasteiger partial charge in [-0.2, -0.15) is 0 Å². The molecule has 0 aliphatic carbocycles. The molecule has 8 heteroatoms. The van der Waals surface area contributed by atoms with Crippen LogP contribution in [0.25, 0.3) is 0 Å². The molecule has 2 aromatic carbocycles. The van der Waals surface area contributed by atoms with Crippen LogP contribution in [-0.2, 0) is 11.2 Å². The summed E-state index contributed by atoms with van der Waals surface area (Å²) in [7, 11) is 0. The predicted octanol–water partition coefficient (Wildman–Crippen LogP) is 2.17. The van der Waals surface area contributed by atoms with Crippen LogP contribution in [0.15, 0.2) is 36.4 Å². The number of aromatic hydroxyl groups is 3. The number of hydrogen-bond acceptors (Lipinski definition) is 6. The number of likely N-dealkylation sites (tertiary alicyclic amines) is 1. The minimum Gasteiger partial charge on any atom is -0.504 e. The summed E-state index contributed by atoms with van der Waals surface area (Å²) in [5, 5.41) is 31.5. The molecular weight excluding hydrogens is 388 g/mol. The van der Waals surface area contributed by atoms with Crippen molar-refractivity contribution in [2.24, 2.45) is 0 Å². The van der Waals surface area contributed by atoms with Gasteiger partial charge in [0, 0.05) is 24.7 Å². The van der Waals surface area contributed by atoms with E-state index in [0.717, 1.165) is 24.1 Å². The van der Waals surface area contributed by atoms with E-state index >= 15 is 0 Å². The maximum Gasteiger partial charge on any atom is 0.258 e. The third-order valence-electron chi connectivity index (χ3n) is 5.18. The molecule has 1 fully saturated rings. The third kappa shape index (κ3) is 4.94. The molecule has 3 rings (SSSR count). The van der Waals surface area contributed by atoms with Crippen LogP contribution < -0.4 is 10.1 Å². The molecule has 1 heterocycles. The number of carbonyl (C=O) groups excluding carboxylic acids is 2. The van der Waals surface area contributed by atoms with Crippen molar-refractivity contribution in [1.29, 1.82) is 0 Å². The normalized spacial score (nSPS) is 14.4. The van der Waals surface area contributed by atoms with Gasteiger partial charge in [-0.05, 0) is 43.0 Å². The van der Waals surface area contributed by atoms with Crippen LogP contribution in [-0.4, -0.2) is 57.8 Å². The van der Waals surface area contributed by atoms with Crippen molar-refractivity contribution in [3.63, 3.8) is 0 Å². The van der Waals surface area contributed by atoms with E-state index in [9.17, 15) is 24.9 Å². The fourth-order valence-electron chi connectivity index (χ4n) is 3.49. The van der Waals surface area contributed by atoms with Gasteiger partial charge in [-0.3, -0.25) is 9.59 Å². The second kappa shape index (κ2) is 9.39. The summed E-state index contributed by atoms with van der Waals surface area (Å²) >= 11 is 0. The lowest BCUT2D eigenvalue weighted by Gasteiger charge is -2.32. The third-order valence-corrected chi connectivity index (χ3v) is 5.18. The van der Waals surface area contributed by atoms with Gasteiger partial charge in [0.15, 0.2) is 23.9 Å². The molecule has 0 atom stereocenters. The SMILES string of the molecule is CCc1ccccc1OCC(=O)NC1CCN(C(=O)c2cc(O)c(O)c(O)c2)CC1. The standard InChI is InChI=1S/C22H26N2O6/c1-2-14-5-3-4-6-19(14)30-13-20(27)23-16-7-9-24(10-8-16)22(29)15-11-17(25)21(28)18(26)12-15/h3-6,11-12,16,25-26,28H,2,7-10,13H2,1H3,(H,23,27). The molecule has 1 aliphatic rings. The lowest BCUT2D eigenvalue weighted by molar-refractivity contribution is -0.124. The van der Waals surface area contributed by atoms with Crippen molar-refractivity contribution in [3.05, 3.63) is 47.5 Å². The number of piperidine rings is 1. The van der Waals surface area contributed by atoms with Crippen LogP contribution in [0.4, 0.5) is 0 Å². The Morgan fingerprint density at radius 3 is 2.37 bits per heavy atom. The summed E-state index contributed by atoms with van der Waals surface area (Å²) in [6.07, 6.45) is 1.99. The summed E-state index contributed by atoms with van der Waals surface area (Å²) < 4.78 is 5.64. The highest BCUT2D eigenvalue weighted by Gasteiger charge is 2.26. The van der Waals surface area contributed by atoms with Crippen molar-refractivity contribution in [2.75, 3.05) is 19.7 Å². The van der Waals surface area contributed by atoms with Gasteiger partial charge in [-0.15, -0.1) is 0 Å². The highest BCUT2D eigenvalue weighted by Crippen LogP contribution is 2.35. The molecule has 0 aromatic heterocycles. The number of nitrogens with one attached hydrogen (secondary N) is 1. The van der Waals surface area contributed by atoms with Crippen molar-refractivity contribution in [2.45, 2.75) is 32.2 Å². The van der Waals surface area contributed by atoms with Crippen molar-refractivity contribution < 1.29 is 29.6 Å². The van der Waals surface area contributed by atoms with E-state index in [2.05, 4.69) is 5.32 Å². The fraction of sp³-hybridized carbons (Fsp3) is 0.364. The Bertz CT molecular complexity index is 899. The number of ether oxygens (including phenoxy) is 1. The van der Waals surface area contributed by atoms with E-state index < -0.39 is 17.2 Å². The second-order valence-electron chi connectivity index (χ2n) is 7.25. The van der Waals surface area contributed by atoms with Crippen LogP contribution in [0.2, 0.25) is 0 Å². The Hall–Kier alpha value is -3.42. The zero-order chi connectivity index (χ0) is 21.7. The number of amides is 2. The molecule has 0 spiro atoms. The Balaban J connectivity index is 1.48. The maximum atomic E-state index is 12.6. The fourth-order valence-corrected chi connectivity index (χ4v) is 3.49. The summed E-state index contributed by atoms with van der Waals surface area (Å²) in [6, 6.07) is 9.79. The number of benzene rings is 2. The molecule has 0 bridgehead atoms. The van der Waals surface area contributed by atoms with Crippen LogP contribution in [0.1, 0.15) is 35.7 Å². The van der Waals surface area contributed by atoms with E-state index in [0.29, 0.717) is 31.7 Å². The molecule has 1 saturated heterocycles. The first-order valence-electron chi connectivity index (χ1n) is 9.93. The molecule has 1 aliphatic heterocycles. The van der Waals surface area contributed by atoms with Crippen LogP contribution in [0.5, 0.6) is 23.0 Å². The van der Waals surface area contributed by atoms with E-state index in [1.54, 1.807) is 4.90 Å². The van der Waals surface area contributed by atoms with E-state index in [-0.39, 0.29) is 30.0 Å². The molecule has 0 unspecified atom stereocenters. The largest absolute Gasteiger partial charge is 0.504 e. The number of carbonyl (C=O) groups is 2. The molecule has 2 aromatic rings. The Labute approximate surface area is 174 Å². The number of phenolic OH excluding ortho intramolecular Hbond substituents is 3. The molecule has 8 nitrogen and oxygen atoms in total. The van der Waals surface area contributed by atoms with Gasteiger partial charge in [0.05, 0.1) is 0 Å². The minimum atomic E-state index is -0.656. The molecule has 0 saturated carbocycles. The lowest BCUT2D eigenvalue weighted by atomic mass is 10.0. The minimum absolute atomic E-state index is 0.0619. The monoisotopic (exact) mass is 414 g/mol. The zero-order valence-corrected chi connectivity index (χ0v) is 16.8. The molecule has 0 radical (unpaired) electrons. The van der Waals surface area contributed by atoms with Gasteiger partial charge in [0.25, 0.3) is 11.8 Å². The number of phenols is 3. The number of rotatable bonds is 6. The van der Waals surface area contributed by atoms with Gasteiger partial charge in [-0.1, -0.05) is 25.1 Å². The highest BCUT2D eigenvalue weighted by molar-refractivity contribution is 5.95. The number of hydrogen-bond donors (Lipinski definition) is 4. The molecule has 160 valence electrons. The lowest BCUT2D eigenvalue weighted by Crippen LogP contribution is -2.47. The quantitative estimate of drug-likeness (QED) is 0.538. The Morgan fingerprint density at radius 2 is 1.73 bits per heavy atom. The topological polar surface area (TPSA) is 119 Å². The number of nitrogens with zero attached hydrogens (tertiary/aromatic N) is 1. The van der Waals surface area contributed by atoms with Crippen molar-refractivity contribution in [3.8, 4) is 23.0 Å². The summed E-state index contributed by atoms with van der Waals surface area (Å²) in [5.74, 6) is -1.62. The van der Waals surface area contributed by atoms with Gasteiger partial charge in [-0.25, -0.2) is 0 Å². The van der Waals surface area contributed by atoms with Crippen molar-refractivity contribution >= 4 is 11.8 Å². The Morgan fingerprint density at radius 1 is 1.10 bits per heavy atom. The molecule has 2 amide bonds. The predicted molar refractivity (Wildman–Crippen MR) is 110 cm³/mol. The molecular formula is C22H26N2O6. The second-order valence-corrected chi connectivity index (χ2v) is 7.25. The van der Waals surface area contributed by atoms with Gasteiger partial charge in [0.2, 0.25) is 0 Å². The van der Waals surface area contributed by atoms with Gasteiger partial charge >= 0.3 is 0 Å². The first-order valence-corrected chi connectivity index (χ1v) is 9.93. The van der Waals surface area contributed by atoms with Gasteiger partial charge in [0.1, 0.15) is 5.75 Å². The summed E-state index contributed by atoms with van der Waals surface area (Å²) in [4.78, 5) is 26.4. The average Bonchev–Trinajstić information content (AvgIpc) is 2.76. The van der Waals surface area contributed by atoms with E-state index in [1.807, 2.05) is 31.2 Å². The Kier molecular flexibility index (Phi) is 6.66. The first-order chi connectivity index (χ1) is 14.4.